The van der Waals surface area contributed by atoms with Crippen LogP contribution in [0, 0.1) is 0 Å². The fraction of sp³-hybridized carbons (Fsp3) is 0.417. The van der Waals surface area contributed by atoms with E-state index >= 15 is 0 Å². The fourth-order valence-electron chi connectivity index (χ4n) is 1.23. The zero-order chi connectivity index (χ0) is 10.2. The second-order valence-electron chi connectivity index (χ2n) is 3.25. The second-order valence-corrected chi connectivity index (χ2v) is 6.00. The van der Waals surface area contributed by atoms with Crippen LogP contribution in [0.4, 0.5) is 0 Å². The van der Waals surface area contributed by atoms with Crippen LogP contribution in [-0.2, 0) is 4.79 Å². The Morgan fingerprint density at radius 2 is 2.07 bits per heavy atom. The Kier molecular flexibility index (Phi) is 5.58. The molecule has 14 heavy (non-hydrogen) atoms. The van der Waals surface area contributed by atoms with Gasteiger partial charge in [0.25, 0.3) is 0 Å². The molecule has 0 fully saturated rings. The van der Waals surface area contributed by atoms with Crippen LogP contribution in [-0.4, -0.2) is 21.2 Å². The summed E-state index contributed by atoms with van der Waals surface area (Å²) in [5.41, 5.74) is 0. The van der Waals surface area contributed by atoms with Crippen LogP contribution in [0.25, 0.3) is 0 Å². The van der Waals surface area contributed by atoms with Gasteiger partial charge in [-0.1, -0.05) is 0 Å². The number of benzene rings is 1. The van der Waals surface area contributed by atoms with E-state index in [1.54, 1.807) is 0 Å². The first kappa shape index (κ1) is 11.5. The number of rotatable bonds is 6. The molecule has 2 heteroatoms. The van der Waals surface area contributed by atoms with Gasteiger partial charge in [0, 0.05) is 0 Å². The number of hydrogen-bond donors (Lipinski definition) is 0. The Morgan fingerprint density at radius 1 is 1.36 bits per heavy atom. The van der Waals surface area contributed by atoms with Gasteiger partial charge in [-0.25, -0.2) is 0 Å². The molecule has 1 nitrogen and oxygen atoms in total. The predicted octanol–water partition coefficient (Wildman–Crippen LogP) is 2.19. The molecule has 0 aliphatic rings. The van der Waals surface area contributed by atoms with Gasteiger partial charge in [-0.3, -0.25) is 0 Å². The van der Waals surface area contributed by atoms with E-state index in [4.69, 9.17) is 0 Å². The molecule has 0 unspecified atom stereocenters. The van der Waals surface area contributed by atoms with E-state index in [2.05, 4.69) is 19.1 Å². The molecule has 0 heterocycles. The topological polar surface area (TPSA) is 17.1 Å². The standard InChI is InChI=1S/C12H16OSe/c1-2-3-7-12(10-13)14-11-8-5-4-6-9-11/h4-6,8-10,12H,2-3,7H2,1H3/t12-/m0/s1. The minimum atomic E-state index is 0.268. The van der Waals surface area contributed by atoms with E-state index in [0.717, 1.165) is 19.1 Å². The van der Waals surface area contributed by atoms with Crippen molar-refractivity contribution in [1.29, 1.82) is 0 Å². The Labute approximate surface area is 92.1 Å². The molecule has 0 aliphatic carbocycles. The Morgan fingerprint density at radius 3 is 2.64 bits per heavy atom. The van der Waals surface area contributed by atoms with Crippen LogP contribution in [0.15, 0.2) is 30.3 Å². The quantitative estimate of drug-likeness (QED) is 0.562. The van der Waals surface area contributed by atoms with Gasteiger partial charge in [-0.2, -0.15) is 0 Å². The molecule has 0 aromatic heterocycles. The Balaban J connectivity index is 2.44. The molecule has 0 saturated heterocycles. The van der Waals surface area contributed by atoms with Crippen LogP contribution in [0.3, 0.4) is 0 Å². The first-order chi connectivity index (χ1) is 6.86. The Bertz CT molecular complexity index is 258. The molecular weight excluding hydrogens is 239 g/mol. The molecule has 1 rings (SSSR count). The number of carbonyl (C=O) groups excluding carboxylic acids is 1. The molecule has 76 valence electrons. The first-order valence-corrected chi connectivity index (χ1v) is 6.88. The van der Waals surface area contributed by atoms with Gasteiger partial charge >= 0.3 is 91.8 Å². The first-order valence-electron chi connectivity index (χ1n) is 5.03. The van der Waals surface area contributed by atoms with Crippen LogP contribution in [0.1, 0.15) is 26.2 Å². The van der Waals surface area contributed by atoms with E-state index in [9.17, 15) is 4.79 Å². The second kappa shape index (κ2) is 6.80. The van der Waals surface area contributed by atoms with Crippen molar-refractivity contribution in [2.24, 2.45) is 0 Å². The third-order valence-electron chi connectivity index (χ3n) is 2.02. The van der Waals surface area contributed by atoms with Crippen molar-refractivity contribution in [2.45, 2.75) is 31.0 Å². The molecule has 0 spiro atoms. The molecule has 0 saturated carbocycles. The maximum absolute atomic E-state index is 10.8. The van der Waals surface area contributed by atoms with Crippen molar-refractivity contribution in [3.8, 4) is 0 Å². The third kappa shape index (κ3) is 4.08. The molecule has 1 aromatic carbocycles. The summed E-state index contributed by atoms with van der Waals surface area (Å²) in [6, 6.07) is 10.3. The summed E-state index contributed by atoms with van der Waals surface area (Å²) in [4.78, 5) is 11.1. The Hall–Kier alpha value is -0.591. The monoisotopic (exact) mass is 256 g/mol. The summed E-state index contributed by atoms with van der Waals surface area (Å²) in [6.45, 7) is 2.16. The van der Waals surface area contributed by atoms with E-state index in [0.29, 0.717) is 15.0 Å². The van der Waals surface area contributed by atoms with Crippen molar-refractivity contribution in [2.75, 3.05) is 0 Å². The zero-order valence-electron chi connectivity index (χ0n) is 8.48. The summed E-state index contributed by atoms with van der Waals surface area (Å²) < 4.78 is 1.33. The van der Waals surface area contributed by atoms with Crippen molar-refractivity contribution < 1.29 is 4.79 Å². The van der Waals surface area contributed by atoms with Gasteiger partial charge in [-0.05, 0) is 0 Å². The van der Waals surface area contributed by atoms with Gasteiger partial charge in [0.1, 0.15) is 0 Å². The molecular formula is C12H16OSe. The number of hydrogen-bond acceptors (Lipinski definition) is 1. The third-order valence-corrected chi connectivity index (χ3v) is 4.53. The van der Waals surface area contributed by atoms with Gasteiger partial charge in [0.05, 0.1) is 0 Å². The van der Waals surface area contributed by atoms with Gasteiger partial charge in [0.15, 0.2) is 0 Å². The number of aldehydes is 1. The summed E-state index contributed by atoms with van der Waals surface area (Å²) in [7, 11) is 0. The van der Waals surface area contributed by atoms with Crippen LogP contribution in [0.5, 0.6) is 0 Å². The van der Waals surface area contributed by atoms with E-state index in [-0.39, 0.29) is 4.82 Å². The summed E-state index contributed by atoms with van der Waals surface area (Å²) in [5, 5.41) is 0. The van der Waals surface area contributed by atoms with Gasteiger partial charge < -0.3 is 0 Å². The van der Waals surface area contributed by atoms with Crippen molar-refractivity contribution in [3.63, 3.8) is 0 Å². The van der Waals surface area contributed by atoms with Crippen molar-refractivity contribution in [3.05, 3.63) is 30.3 Å². The number of carbonyl (C=O) groups is 1. The molecule has 0 bridgehead atoms. The molecule has 1 aromatic rings. The van der Waals surface area contributed by atoms with E-state index in [1.807, 2.05) is 18.2 Å². The minimum absolute atomic E-state index is 0.268. The van der Waals surface area contributed by atoms with Crippen molar-refractivity contribution >= 4 is 25.7 Å². The predicted molar refractivity (Wildman–Crippen MR) is 61.2 cm³/mol. The SMILES string of the molecule is CCCC[C@@H](C=O)[Se]c1ccccc1. The average molecular weight is 255 g/mol. The number of unbranched alkanes of at least 4 members (excludes halogenated alkanes) is 1. The maximum atomic E-state index is 10.8. The van der Waals surface area contributed by atoms with Crippen LogP contribution < -0.4 is 4.46 Å². The van der Waals surface area contributed by atoms with E-state index < -0.39 is 0 Å². The summed E-state index contributed by atoms with van der Waals surface area (Å²) in [5.74, 6) is 0. The normalized spacial score (nSPS) is 12.4. The molecule has 0 N–H and O–H groups in total. The zero-order valence-corrected chi connectivity index (χ0v) is 10.2. The van der Waals surface area contributed by atoms with Gasteiger partial charge in [-0.15, -0.1) is 0 Å². The molecule has 0 aliphatic heterocycles. The van der Waals surface area contributed by atoms with E-state index in [1.165, 1.54) is 10.9 Å². The molecule has 0 amide bonds. The average Bonchev–Trinajstić information content (AvgIpc) is 2.25. The summed E-state index contributed by atoms with van der Waals surface area (Å²) >= 11 is 0.318. The van der Waals surface area contributed by atoms with Crippen LogP contribution in [0.2, 0.25) is 4.82 Å². The summed E-state index contributed by atoms with van der Waals surface area (Å²) in [6.07, 6.45) is 4.52. The molecule has 0 radical (unpaired) electrons. The fourth-order valence-corrected chi connectivity index (χ4v) is 3.34. The van der Waals surface area contributed by atoms with Crippen molar-refractivity contribution in [1.82, 2.24) is 0 Å². The molecule has 1 atom stereocenters. The van der Waals surface area contributed by atoms with Gasteiger partial charge in [0.2, 0.25) is 0 Å². The van der Waals surface area contributed by atoms with Crippen LogP contribution >= 0.6 is 0 Å².